The fraction of sp³-hybridized carbons (Fsp3) is 0.500. The molecule has 1 fully saturated rings. The number of hydrogen-bond acceptors (Lipinski definition) is 6. The van der Waals surface area contributed by atoms with E-state index < -0.39 is 18.6 Å². The molecule has 0 atom stereocenters. The van der Waals surface area contributed by atoms with E-state index in [1.54, 1.807) is 18.3 Å². The third-order valence-corrected chi connectivity index (χ3v) is 3.99. The number of amides is 2. The molecule has 0 aromatic carbocycles. The van der Waals surface area contributed by atoms with Gasteiger partial charge in [-0.15, -0.1) is 0 Å². The van der Waals surface area contributed by atoms with Crippen molar-refractivity contribution in [1.82, 2.24) is 10.3 Å². The van der Waals surface area contributed by atoms with Crippen molar-refractivity contribution in [3.8, 4) is 6.07 Å². The lowest BCUT2D eigenvalue weighted by atomic mass is 9.93. The number of carbonyl (C=O) groups is 2. The van der Waals surface area contributed by atoms with Gasteiger partial charge in [-0.1, -0.05) is 0 Å². The van der Waals surface area contributed by atoms with Crippen LogP contribution >= 0.6 is 0 Å². The van der Waals surface area contributed by atoms with E-state index in [0.29, 0.717) is 18.0 Å². The SMILES string of the molecule is N#Cc1cccnc1N1CCC(CCNC(=O)OCC(N)=O)CC1. The molecule has 1 aromatic rings. The van der Waals surface area contributed by atoms with Crippen molar-refractivity contribution in [2.24, 2.45) is 11.7 Å². The molecule has 8 heteroatoms. The largest absolute Gasteiger partial charge is 0.439 e. The average Bonchev–Trinajstić information content (AvgIpc) is 2.60. The van der Waals surface area contributed by atoms with E-state index in [4.69, 9.17) is 11.0 Å². The number of anilines is 1. The first kappa shape index (κ1) is 17.5. The fourth-order valence-electron chi connectivity index (χ4n) is 2.74. The Morgan fingerprint density at radius 2 is 2.21 bits per heavy atom. The number of primary amides is 1. The molecule has 0 saturated carbocycles. The molecule has 2 amide bonds. The van der Waals surface area contributed by atoms with Crippen LogP contribution in [0, 0.1) is 17.2 Å². The van der Waals surface area contributed by atoms with Crippen LogP contribution in [-0.2, 0) is 9.53 Å². The molecule has 2 rings (SSSR count). The molecular formula is C16H21N5O3. The van der Waals surface area contributed by atoms with E-state index in [1.807, 2.05) is 0 Å². The summed E-state index contributed by atoms with van der Waals surface area (Å²) < 4.78 is 4.62. The zero-order valence-electron chi connectivity index (χ0n) is 13.4. The van der Waals surface area contributed by atoms with Crippen LogP contribution in [0.4, 0.5) is 10.6 Å². The van der Waals surface area contributed by atoms with Crippen molar-refractivity contribution < 1.29 is 14.3 Å². The zero-order valence-corrected chi connectivity index (χ0v) is 13.4. The Balaban J connectivity index is 1.71. The molecule has 1 aromatic heterocycles. The molecule has 3 N–H and O–H groups in total. The summed E-state index contributed by atoms with van der Waals surface area (Å²) in [7, 11) is 0. The second-order valence-electron chi connectivity index (χ2n) is 5.67. The molecule has 1 aliphatic heterocycles. The van der Waals surface area contributed by atoms with Crippen molar-refractivity contribution in [3.05, 3.63) is 23.9 Å². The summed E-state index contributed by atoms with van der Waals surface area (Å²) in [5.41, 5.74) is 5.49. The lowest BCUT2D eigenvalue weighted by molar-refractivity contribution is -0.120. The van der Waals surface area contributed by atoms with E-state index in [9.17, 15) is 9.59 Å². The number of pyridine rings is 1. The van der Waals surface area contributed by atoms with Gasteiger partial charge in [-0.2, -0.15) is 5.26 Å². The smallest absolute Gasteiger partial charge is 0.407 e. The topological polar surface area (TPSA) is 121 Å². The summed E-state index contributed by atoms with van der Waals surface area (Å²) >= 11 is 0. The van der Waals surface area contributed by atoms with Crippen LogP contribution in [0.15, 0.2) is 18.3 Å². The highest BCUT2D eigenvalue weighted by molar-refractivity contribution is 5.78. The predicted octanol–water partition coefficient (Wildman–Crippen LogP) is 0.771. The van der Waals surface area contributed by atoms with Gasteiger partial charge < -0.3 is 20.7 Å². The normalized spacial score (nSPS) is 14.7. The van der Waals surface area contributed by atoms with Crippen LogP contribution in [0.3, 0.4) is 0 Å². The Morgan fingerprint density at radius 1 is 1.46 bits per heavy atom. The molecule has 2 heterocycles. The molecule has 0 spiro atoms. The number of ether oxygens (including phenoxy) is 1. The van der Waals surface area contributed by atoms with Gasteiger partial charge in [0.1, 0.15) is 11.9 Å². The fourth-order valence-corrected chi connectivity index (χ4v) is 2.74. The number of hydrogen-bond donors (Lipinski definition) is 2. The summed E-state index contributed by atoms with van der Waals surface area (Å²) in [5, 5.41) is 11.8. The van der Waals surface area contributed by atoms with E-state index in [2.05, 4.69) is 26.0 Å². The maximum Gasteiger partial charge on any atom is 0.407 e. The molecule has 0 radical (unpaired) electrons. The Labute approximate surface area is 140 Å². The predicted molar refractivity (Wildman–Crippen MR) is 87.1 cm³/mol. The van der Waals surface area contributed by atoms with Crippen LogP contribution in [0.1, 0.15) is 24.8 Å². The van der Waals surface area contributed by atoms with E-state index in [0.717, 1.165) is 38.2 Å². The average molecular weight is 331 g/mol. The van der Waals surface area contributed by atoms with Crippen LogP contribution in [-0.4, -0.2) is 43.2 Å². The summed E-state index contributed by atoms with van der Waals surface area (Å²) in [4.78, 5) is 28.3. The van der Waals surface area contributed by atoms with Gasteiger partial charge in [0.25, 0.3) is 5.91 Å². The molecule has 0 bridgehead atoms. The molecular weight excluding hydrogens is 310 g/mol. The quantitative estimate of drug-likeness (QED) is 0.794. The second-order valence-corrected chi connectivity index (χ2v) is 5.67. The minimum atomic E-state index is -0.677. The first-order chi connectivity index (χ1) is 11.6. The highest BCUT2D eigenvalue weighted by atomic mass is 16.6. The maximum absolute atomic E-state index is 11.3. The third kappa shape index (κ3) is 5.12. The molecule has 24 heavy (non-hydrogen) atoms. The Hall–Kier alpha value is -2.82. The lowest BCUT2D eigenvalue weighted by Gasteiger charge is -2.33. The molecule has 8 nitrogen and oxygen atoms in total. The minimum Gasteiger partial charge on any atom is -0.439 e. The highest BCUT2D eigenvalue weighted by Gasteiger charge is 2.21. The Kier molecular flexibility index (Phi) is 6.37. The van der Waals surface area contributed by atoms with E-state index in [1.165, 1.54) is 0 Å². The Morgan fingerprint density at radius 3 is 2.88 bits per heavy atom. The first-order valence-electron chi connectivity index (χ1n) is 7.89. The number of rotatable bonds is 6. The van der Waals surface area contributed by atoms with Gasteiger partial charge in [0, 0.05) is 25.8 Å². The second kappa shape index (κ2) is 8.72. The van der Waals surface area contributed by atoms with Gasteiger partial charge in [0.05, 0.1) is 5.56 Å². The summed E-state index contributed by atoms with van der Waals surface area (Å²) in [6, 6.07) is 5.71. The molecule has 0 unspecified atom stereocenters. The number of aromatic nitrogens is 1. The summed E-state index contributed by atoms with van der Waals surface area (Å²) in [5.74, 6) is 0.558. The van der Waals surface area contributed by atoms with Gasteiger partial charge in [-0.3, -0.25) is 4.79 Å². The number of nitrogens with zero attached hydrogens (tertiary/aromatic N) is 3. The number of nitrogens with one attached hydrogen (secondary N) is 1. The Bertz CT molecular complexity index is 620. The number of nitrogens with two attached hydrogens (primary N) is 1. The first-order valence-corrected chi connectivity index (χ1v) is 7.89. The third-order valence-electron chi connectivity index (χ3n) is 3.99. The number of carbonyl (C=O) groups excluding carboxylic acids is 2. The van der Waals surface area contributed by atoms with Crippen molar-refractivity contribution in [1.29, 1.82) is 5.26 Å². The van der Waals surface area contributed by atoms with E-state index in [-0.39, 0.29) is 0 Å². The van der Waals surface area contributed by atoms with Crippen LogP contribution in [0.5, 0.6) is 0 Å². The zero-order chi connectivity index (χ0) is 17.4. The monoisotopic (exact) mass is 331 g/mol. The van der Waals surface area contributed by atoms with Crippen molar-refractivity contribution in [2.45, 2.75) is 19.3 Å². The van der Waals surface area contributed by atoms with Gasteiger partial charge in [-0.25, -0.2) is 9.78 Å². The van der Waals surface area contributed by atoms with Crippen molar-refractivity contribution in [2.75, 3.05) is 31.1 Å². The van der Waals surface area contributed by atoms with Gasteiger partial charge in [0.2, 0.25) is 0 Å². The molecule has 1 saturated heterocycles. The molecule has 128 valence electrons. The molecule has 0 aliphatic carbocycles. The van der Waals surface area contributed by atoms with Crippen LogP contribution in [0.25, 0.3) is 0 Å². The van der Waals surface area contributed by atoms with Gasteiger partial charge >= 0.3 is 6.09 Å². The number of nitriles is 1. The van der Waals surface area contributed by atoms with Crippen LogP contribution < -0.4 is 16.0 Å². The van der Waals surface area contributed by atoms with Crippen molar-refractivity contribution >= 4 is 17.8 Å². The van der Waals surface area contributed by atoms with E-state index >= 15 is 0 Å². The standard InChI is InChI=1S/C16H21N5O3/c17-10-13-2-1-6-19-15(13)21-8-4-12(5-9-21)3-7-20-16(23)24-11-14(18)22/h1-2,6,12H,3-5,7-9,11H2,(H2,18,22)(H,20,23). The van der Waals surface area contributed by atoms with Crippen LogP contribution in [0.2, 0.25) is 0 Å². The maximum atomic E-state index is 11.3. The lowest BCUT2D eigenvalue weighted by Crippen LogP contribution is -2.36. The number of piperidine rings is 1. The van der Waals surface area contributed by atoms with Gasteiger partial charge in [0.15, 0.2) is 6.61 Å². The van der Waals surface area contributed by atoms with Crippen molar-refractivity contribution in [3.63, 3.8) is 0 Å². The highest BCUT2D eigenvalue weighted by Crippen LogP contribution is 2.25. The minimum absolute atomic E-state index is 0.407. The van der Waals surface area contributed by atoms with Gasteiger partial charge in [-0.05, 0) is 37.3 Å². The summed E-state index contributed by atoms with van der Waals surface area (Å²) in [6.45, 7) is 1.76. The summed E-state index contributed by atoms with van der Waals surface area (Å²) in [6.07, 6.45) is 3.86. The molecule has 1 aliphatic rings. The number of alkyl carbamates (subject to hydrolysis) is 1.